The quantitative estimate of drug-likeness (QED) is 0.545. The lowest BCUT2D eigenvalue weighted by Gasteiger charge is -2.37. The molecule has 3 aliphatic rings. The Morgan fingerprint density at radius 1 is 1.00 bits per heavy atom. The molecule has 3 fully saturated rings. The van der Waals surface area contributed by atoms with Gasteiger partial charge < -0.3 is 20.2 Å². The van der Waals surface area contributed by atoms with Gasteiger partial charge in [-0.15, -0.1) is 0 Å². The number of hydrogen-bond donors (Lipinski definition) is 2. The molecule has 2 heterocycles. The van der Waals surface area contributed by atoms with Crippen molar-refractivity contribution in [3.63, 3.8) is 0 Å². The predicted molar refractivity (Wildman–Crippen MR) is 108 cm³/mol. The van der Waals surface area contributed by atoms with Crippen LogP contribution in [0.4, 0.5) is 0 Å². The molecule has 0 bridgehead atoms. The number of rotatable bonds is 5. The molecular formula is C20H37N5O2. The van der Waals surface area contributed by atoms with E-state index in [2.05, 4.69) is 22.0 Å². The van der Waals surface area contributed by atoms with E-state index in [4.69, 9.17) is 4.99 Å². The Labute approximate surface area is 163 Å². The van der Waals surface area contributed by atoms with E-state index in [0.29, 0.717) is 24.9 Å². The summed E-state index contributed by atoms with van der Waals surface area (Å²) in [6, 6.07) is 0. The normalized spacial score (nSPS) is 27.9. The molecule has 7 heteroatoms. The second kappa shape index (κ2) is 10.3. The smallest absolute Gasteiger partial charge is 0.236 e. The third-order valence-corrected chi connectivity index (χ3v) is 6.17. The van der Waals surface area contributed by atoms with E-state index in [9.17, 15) is 9.90 Å². The minimum absolute atomic E-state index is 0.186. The van der Waals surface area contributed by atoms with Crippen LogP contribution in [0.1, 0.15) is 45.4 Å². The lowest BCUT2D eigenvalue weighted by Crippen LogP contribution is -2.54. The molecule has 2 N–H and O–H groups in total. The van der Waals surface area contributed by atoms with Gasteiger partial charge in [0.15, 0.2) is 5.96 Å². The molecule has 3 rings (SSSR count). The van der Waals surface area contributed by atoms with Crippen LogP contribution in [0.25, 0.3) is 0 Å². The third-order valence-electron chi connectivity index (χ3n) is 6.17. The van der Waals surface area contributed by atoms with Crippen LogP contribution in [-0.4, -0.2) is 96.7 Å². The predicted octanol–water partition coefficient (Wildman–Crippen LogP) is 0.743. The second-order valence-electron chi connectivity index (χ2n) is 8.16. The van der Waals surface area contributed by atoms with Crippen LogP contribution in [0, 0.1) is 5.92 Å². The molecule has 1 saturated carbocycles. The summed E-state index contributed by atoms with van der Waals surface area (Å²) in [7, 11) is 0. The van der Waals surface area contributed by atoms with Crippen molar-refractivity contribution >= 4 is 11.9 Å². The van der Waals surface area contributed by atoms with Crippen LogP contribution >= 0.6 is 0 Å². The van der Waals surface area contributed by atoms with E-state index in [1.807, 2.05) is 4.90 Å². The second-order valence-corrected chi connectivity index (χ2v) is 8.16. The van der Waals surface area contributed by atoms with Crippen molar-refractivity contribution in [2.24, 2.45) is 10.9 Å². The summed E-state index contributed by atoms with van der Waals surface area (Å²) in [6.07, 6.45) is 6.48. The van der Waals surface area contributed by atoms with Crippen LogP contribution in [0.3, 0.4) is 0 Å². The third kappa shape index (κ3) is 5.82. The molecule has 0 radical (unpaired) electrons. The zero-order valence-corrected chi connectivity index (χ0v) is 16.9. The van der Waals surface area contributed by atoms with Gasteiger partial charge in [0.2, 0.25) is 5.91 Å². The maximum absolute atomic E-state index is 12.5. The molecule has 2 saturated heterocycles. The first kappa shape index (κ1) is 20.4. The van der Waals surface area contributed by atoms with Crippen LogP contribution in [-0.2, 0) is 4.79 Å². The standard InChI is InChI=1S/C20H37N5O2/c1-2-21-20(22-15-17-7-6-8-18(17)26)25-13-11-23(12-14-25)16-19(27)24-9-4-3-5-10-24/h17-18,26H,2-16H2,1H3,(H,21,22). The van der Waals surface area contributed by atoms with Gasteiger partial charge in [-0.2, -0.15) is 0 Å². The largest absolute Gasteiger partial charge is 0.393 e. The Balaban J connectivity index is 1.46. The topological polar surface area (TPSA) is 71.4 Å². The first-order valence-electron chi connectivity index (χ1n) is 10.9. The van der Waals surface area contributed by atoms with Gasteiger partial charge in [0.1, 0.15) is 0 Å². The zero-order chi connectivity index (χ0) is 19.1. The van der Waals surface area contributed by atoms with Crippen LogP contribution in [0.2, 0.25) is 0 Å². The Morgan fingerprint density at radius 2 is 1.74 bits per heavy atom. The maximum Gasteiger partial charge on any atom is 0.236 e. The number of nitrogens with one attached hydrogen (secondary N) is 1. The van der Waals surface area contributed by atoms with Crippen LogP contribution < -0.4 is 5.32 Å². The van der Waals surface area contributed by atoms with Crippen molar-refractivity contribution in [2.45, 2.75) is 51.6 Å². The summed E-state index contributed by atoms with van der Waals surface area (Å²) in [5.41, 5.74) is 0. The average Bonchev–Trinajstić information content (AvgIpc) is 3.11. The molecule has 2 atom stereocenters. The SMILES string of the molecule is CCNC(=NCC1CCCC1O)N1CCN(CC(=O)N2CCCCC2)CC1. The molecule has 2 aliphatic heterocycles. The molecule has 0 spiro atoms. The summed E-state index contributed by atoms with van der Waals surface area (Å²) in [4.78, 5) is 23.9. The lowest BCUT2D eigenvalue weighted by atomic mass is 10.1. The first-order valence-corrected chi connectivity index (χ1v) is 10.9. The number of guanidine groups is 1. The fourth-order valence-corrected chi connectivity index (χ4v) is 4.41. The van der Waals surface area contributed by atoms with Crippen LogP contribution in [0.15, 0.2) is 4.99 Å². The molecular weight excluding hydrogens is 342 g/mol. The molecule has 27 heavy (non-hydrogen) atoms. The van der Waals surface area contributed by atoms with Gasteiger partial charge in [-0.05, 0) is 39.0 Å². The highest BCUT2D eigenvalue weighted by Gasteiger charge is 2.26. The molecule has 0 aromatic rings. The Hall–Kier alpha value is -1.34. The van der Waals surface area contributed by atoms with E-state index >= 15 is 0 Å². The summed E-state index contributed by atoms with van der Waals surface area (Å²) in [6.45, 7) is 9.65. The monoisotopic (exact) mass is 379 g/mol. The molecule has 2 unspecified atom stereocenters. The number of amides is 1. The van der Waals surface area contributed by atoms with Crippen molar-refractivity contribution in [3.05, 3.63) is 0 Å². The maximum atomic E-state index is 12.5. The summed E-state index contributed by atoms with van der Waals surface area (Å²) < 4.78 is 0. The van der Waals surface area contributed by atoms with Crippen molar-refractivity contribution in [3.8, 4) is 0 Å². The highest BCUT2D eigenvalue weighted by Crippen LogP contribution is 2.25. The highest BCUT2D eigenvalue weighted by atomic mass is 16.3. The zero-order valence-electron chi connectivity index (χ0n) is 16.9. The number of aliphatic hydroxyl groups is 1. The number of piperazine rings is 1. The Kier molecular flexibility index (Phi) is 7.76. The van der Waals surface area contributed by atoms with Gasteiger partial charge in [-0.3, -0.25) is 14.7 Å². The molecule has 0 aromatic heterocycles. The molecule has 154 valence electrons. The molecule has 7 nitrogen and oxygen atoms in total. The first-order chi connectivity index (χ1) is 13.2. The molecule has 1 aliphatic carbocycles. The van der Waals surface area contributed by atoms with E-state index in [1.165, 1.54) is 6.42 Å². The van der Waals surface area contributed by atoms with Gasteiger partial charge in [-0.1, -0.05) is 6.42 Å². The van der Waals surface area contributed by atoms with E-state index < -0.39 is 0 Å². The number of hydrogen-bond acceptors (Lipinski definition) is 4. The van der Waals surface area contributed by atoms with E-state index in [1.54, 1.807) is 0 Å². The summed E-state index contributed by atoms with van der Waals surface area (Å²) in [5, 5.41) is 13.4. The van der Waals surface area contributed by atoms with Gasteiger partial charge >= 0.3 is 0 Å². The fourth-order valence-electron chi connectivity index (χ4n) is 4.41. The Bertz CT molecular complexity index is 499. The Morgan fingerprint density at radius 3 is 2.37 bits per heavy atom. The number of aliphatic imine (C=N–C) groups is 1. The number of nitrogens with zero attached hydrogens (tertiary/aromatic N) is 4. The number of aliphatic hydroxyl groups excluding tert-OH is 1. The number of piperidine rings is 1. The van der Waals surface area contributed by atoms with Gasteiger partial charge in [0.25, 0.3) is 0 Å². The summed E-state index contributed by atoms with van der Waals surface area (Å²) in [5.74, 6) is 1.56. The minimum Gasteiger partial charge on any atom is -0.393 e. The van der Waals surface area contributed by atoms with Crippen molar-refractivity contribution < 1.29 is 9.90 Å². The molecule has 0 aromatic carbocycles. The van der Waals surface area contributed by atoms with Crippen LogP contribution in [0.5, 0.6) is 0 Å². The number of carbonyl (C=O) groups is 1. The van der Waals surface area contributed by atoms with Gasteiger partial charge in [0.05, 0.1) is 12.6 Å². The summed E-state index contributed by atoms with van der Waals surface area (Å²) >= 11 is 0. The van der Waals surface area contributed by atoms with E-state index in [0.717, 1.165) is 83.9 Å². The number of likely N-dealkylation sites (tertiary alicyclic amines) is 1. The average molecular weight is 380 g/mol. The van der Waals surface area contributed by atoms with Gasteiger partial charge in [0, 0.05) is 58.3 Å². The van der Waals surface area contributed by atoms with E-state index in [-0.39, 0.29) is 6.10 Å². The fraction of sp³-hybridized carbons (Fsp3) is 0.900. The lowest BCUT2D eigenvalue weighted by molar-refractivity contribution is -0.133. The minimum atomic E-state index is -0.186. The van der Waals surface area contributed by atoms with Gasteiger partial charge in [-0.25, -0.2) is 0 Å². The molecule has 1 amide bonds. The van der Waals surface area contributed by atoms with Crippen molar-refractivity contribution in [2.75, 3.05) is 58.9 Å². The van der Waals surface area contributed by atoms with Crippen molar-refractivity contribution in [1.82, 2.24) is 20.0 Å². The number of carbonyl (C=O) groups excluding carboxylic acids is 1. The van der Waals surface area contributed by atoms with Crippen molar-refractivity contribution in [1.29, 1.82) is 0 Å². The highest BCUT2D eigenvalue weighted by molar-refractivity contribution is 5.80.